The fourth-order valence-corrected chi connectivity index (χ4v) is 3.52. The minimum atomic E-state index is -0.663. The fraction of sp³-hybridized carbons (Fsp3) is 0.292. The van der Waals surface area contributed by atoms with Crippen LogP contribution >= 0.6 is 0 Å². The van der Waals surface area contributed by atoms with Gasteiger partial charge < -0.3 is 9.47 Å². The van der Waals surface area contributed by atoms with Gasteiger partial charge in [0.15, 0.2) is 5.69 Å². The van der Waals surface area contributed by atoms with Crippen molar-refractivity contribution in [2.75, 3.05) is 27.3 Å². The molecule has 0 radical (unpaired) electrons. The van der Waals surface area contributed by atoms with Gasteiger partial charge in [-0.15, -0.1) is 0 Å². The molecule has 0 saturated heterocycles. The van der Waals surface area contributed by atoms with Gasteiger partial charge in [-0.2, -0.15) is 5.10 Å². The number of rotatable bonds is 8. The van der Waals surface area contributed by atoms with Crippen LogP contribution in [0.4, 0.5) is 0 Å². The Bertz CT molecular complexity index is 1060. The van der Waals surface area contributed by atoms with Crippen LogP contribution in [0.15, 0.2) is 54.6 Å². The van der Waals surface area contributed by atoms with Crippen LogP contribution in [-0.4, -0.2) is 53.9 Å². The van der Waals surface area contributed by atoms with Gasteiger partial charge in [0.25, 0.3) is 0 Å². The lowest BCUT2D eigenvalue weighted by Crippen LogP contribution is -2.22. The van der Waals surface area contributed by atoms with Gasteiger partial charge in [-0.05, 0) is 30.8 Å². The quantitative estimate of drug-likeness (QED) is 0.513. The van der Waals surface area contributed by atoms with E-state index in [1.807, 2.05) is 54.6 Å². The first-order chi connectivity index (χ1) is 15.0. The Kier molecular flexibility index (Phi) is 7.20. The smallest absolute Gasteiger partial charge is 0.357 e. The highest BCUT2D eigenvalue weighted by Crippen LogP contribution is 2.32. The summed E-state index contributed by atoms with van der Waals surface area (Å²) in [7, 11) is 2.56. The van der Waals surface area contributed by atoms with Crippen molar-refractivity contribution in [2.45, 2.75) is 20.4 Å². The molecule has 2 aromatic carbocycles. The highest BCUT2D eigenvalue weighted by Gasteiger charge is 2.32. The van der Waals surface area contributed by atoms with Gasteiger partial charge in [-0.1, -0.05) is 56.3 Å². The number of carbonyl (C=O) groups is 2. The first-order valence-electron chi connectivity index (χ1n) is 10.2. The standard InChI is InChI=1S/C24H27N3O4/c1-5-26(6-2)16-17-12-10-11-15-19(17)21-20(23(28)30-3)22(24(29)31-4)27(25-21)18-13-8-7-9-14-18/h7-15H,5-6,16H2,1-4H3. The van der Waals surface area contributed by atoms with E-state index < -0.39 is 11.9 Å². The maximum Gasteiger partial charge on any atom is 0.357 e. The number of methoxy groups -OCH3 is 2. The molecule has 1 heterocycles. The van der Waals surface area contributed by atoms with E-state index in [9.17, 15) is 9.59 Å². The molecule has 0 fully saturated rings. The van der Waals surface area contributed by atoms with Crippen LogP contribution in [0, 0.1) is 0 Å². The SMILES string of the molecule is CCN(CC)Cc1ccccc1-c1nn(-c2ccccc2)c(C(=O)OC)c1C(=O)OC. The number of ether oxygens (including phenoxy) is 2. The van der Waals surface area contributed by atoms with Crippen molar-refractivity contribution in [2.24, 2.45) is 0 Å². The highest BCUT2D eigenvalue weighted by molar-refractivity contribution is 6.07. The minimum absolute atomic E-state index is 0.0354. The van der Waals surface area contributed by atoms with Crippen LogP contribution < -0.4 is 0 Å². The van der Waals surface area contributed by atoms with Gasteiger partial charge in [0.1, 0.15) is 11.3 Å². The van der Waals surface area contributed by atoms with Gasteiger partial charge in [0.2, 0.25) is 0 Å². The van der Waals surface area contributed by atoms with Gasteiger partial charge >= 0.3 is 11.9 Å². The van der Waals surface area contributed by atoms with Crippen molar-refractivity contribution >= 4 is 11.9 Å². The summed E-state index contributed by atoms with van der Waals surface area (Å²) in [5.74, 6) is -1.31. The highest BCUT2D eigenvalue weighted by atomic mass is 16.5. The second-order valence-corrected chi connectivity index (χ2v) is 6.92. The summed E-state index contributed by atoms with van der Waals surface area (Å²) in [6.45, 7) is 6.67. The van der Waals surface area contributed by atoms with Gasteiger partial charge in [0.05, 0.1) is 19.9 Å². The van der Waals surface area contributed by atoms with Crippen LogP contribution in [0.1, 0.15) is 40.3 Å². The van der Waals surface area contributed by atoms with Crippen molar-refractivity contribution in [1.82, 2.24) is 14.7 Å². The molecule has 0 bridgehead atoms. The van der Waals surface area contributed by atoms with Crippen molar-refractivity contribution in [1.29, 1.82) is 0 Å². The van der Waals surface area contributed by atoms with E-state index in [1.165, 1.54) is 18.9 Å². The van der Waals surface area contributed by atoms with Crippen molar-refractivity contribution in [3.05, 3.63) is 71.4 Å². The summed E-state index contributed by atoms with van der Waals surface area (Å²) >= 11 is 0. The van der Waals surface area contributed by atoms with E-state index in [4.69, 9.17) is 14.6 Å². The molecule has 0 aliphatic heterocycles. The average Bonchev–Trinajstić information content (AvgIpc) is 3.22. The predicted molar refractivity (Wildman–Crippen MR) is 118 cm³/mol. The van der Waals surface area contributed by atoms with E-state index in [0.717, 1.165) is 24.2 Å². The lowest BCUT2D eigenvalue weighted by atomic mass is 9.99. The fourth-order valence-electron chi connectivity index (χ4n) is 3.52. The summed E-state index contributed by atoms with van der Waals surface area (Å²) in [4.78, 5) is 27.9. The molecule has 0 amide bonds. The van der Waals surface area contributed by atoms with E-state index in [0.29, 0.717) is 17.9 Å². The number of para-hydroxylation sites is 1. The topological polar surface area (TPSA) is 73.7 Å². The summed E-state index contributed by atoms with van der Waals surface area (Å²) in [6, 6.07) is 16.9. The largest absolute Gasteiger partial charge is 0.465 e. The van der Waals surface area contributed by atoms with E-state index >= 15 is 0 Å². The number of hydrogen-bond donors (Lipinski definition) is 0. The number of esters is 2. The maximum atomic E-state index is 12.8. The zero-order valence-corrected chi connectivity index (χ0v) is 18.3. The number of hydrogen-bond acceptors (Lipinski definition) is 6. The lowest BCUT2D eigenvalue weighted by Gasteiger charge is -2.19. The maximum absolute atomic E-state index is 12.8. The molecule has 0 spiro atoms. The molecular weight excluding hydrogens is 394 g/mol. The van der Waals surface area contributed by atoms with Crippen LogP contribution in [0.3, 0.4) is 0 Å². The Hall–Kier alpha value is -3.45. The summed E-state index contributed by atoms with van der Waals surface area (Å²) in [5, 5.41) is 4.70. The Morgan fingerprint density at radius 2 is 1.52 bits per heavy atom. The third-order valence-corrected chi connectivity index (χ3v) is 5.22. The molecule has 7 heteroatoms. The van der Waals surface area contributed by atoms with Gasteiger partial charge in [-0.25, -0.2) is 14.3 Å². The molecule has 7 nitrogen and oxygen atoms in total. The molecule has 3 aromatic rings. The second-order valence-electron chi connectivity index (χ2n) is 6.92. The number of carbonyl (C=O) groups excluding carboxylic acids is 2. The molecule has 0 unspecified atom stereocenters. The van der Waals surface area contributed by atoms with Gasteiger partial charge in [0, 0.05) is 12.1 Å². The molecular formula is C24H27N3O4. The average molecular weight is 421 g/mol. The molecule has 0 atom stereocenters. The normalized spacial score (nSPS) is 10.9. The minimum Gasteiger partial charge on any atom is -0.465 e. The lowest BCUT2D eigenvalue weighted by molar-refractivity contribution is 0.0549. The van der Waals surface area contributed by atoms with Crippen LogP contribution in [0.25, 0.3) is 16.9 Å². The first kappa shape index (κ1) is 22.2. The zero-order chi connectivity index (χ0) is 22.4. The van der Waals surface area contributed by atoms with Crippen LogP contribution in [0.2, 0.25) is 0 Å². The third-order valence-electron chi connectivity index (χ3n) is 5.22. The molecule has 0 N–H and O–H groups in total. The molecule has 0 aliphatic rings. The Morgan fingerprint density at radius 3 is 2.13 bits per heavy atom. The summed E-state index contributed by atoms with van der Waals surface area (Å²) in [5.41, 5.74) is 2.93. The van der Waals surface area contributed by atoms with Crippen molar-refractivity contribution in [3.8, 4) is 16.9 Å². The predicted octanol–water partition coefficient (Wildman–Crippen LogP) is 3.95. The van der Waals surface area contributed by atoms with Crippen LogP contribution in [-0.2, 0) is 16.0 Å². The molecule has 0 saturated carbocycles. The van der Waals surface area contributed by atoms with Crippen molar-refractivity contribution in [3.63, 3.8) is 0 Å². The number of aromatic nitrogens is 2. The summed E-state index contributed by atoms with van der Waals surface area (Å²) < 4.78 is 11.5. The van der Waals surface area contributed by atoms with Crippen LogP contribution in [0.5, 0.6) is 0 Å². The van der Waals surface area contributed by atoms with Crippen molar-refractivity contribution < 1.29 is 19.1 Å². The zero-order valence-electron chi connectivity index (χ0n) is 18.3. The van der Waals surface area contributed by atoms with E-state index in [1.54, 1.807) is 0 Å². The second kappa shape index (κ2) is 10.0. The Morgan fingerprint density at radius 1 is 0.903 bits per heavy atom. The van der Waals surface area contributed by atoms with E-state index in [-0.39, 0.29) is 11.3 Å². The molecule has 162 valence electrons. The molecule has 31 heavy (non-hydrogen) atoms. The molecule has 0 aliphatic carbocycles. The third kappa shape index (κ3) is 4.51. The Labute approximate surface area is 182 Å². The first-order valence-corrected chi connectivity index (χ1v) is 10.2. The summed E-state index contributed by atoms with van der Waals surface area (Å²) in [6.07, 6.45) is 0. The monoisotopic (exact) mass is 421 g/mol. The molecule has 1 aromatic heterocycles. The van der Waals surface area contributed by atoms with Gasteiger partial charge in [-0.3, -0.25) is 4.90 Å². The Balaban J connectivity index is 2.30. The number of nitrogens with zero attached hydrogens (tertiary/aromatic N) is 3. The number of benzene rings is 2. The van der Waals surface area contributed by atoms with E-state index in [2.05, 4.69) is 18.7 Å². The molecule has 3 rings (SSSR count).